The zero-order valence-electron chi connectivity index (χ0n) is 14.0. The predicted molar refractivity (Wildman–Crippen MR) is 93.1 cm³/mol. The maximum Gasteiger partial charge on any atom is 0.277 e. The number of hydrazone groups is 1. The molecule has 2 aromatic rings. The van der Waals surface area contributed by atoms with Crippen LogP contribution in [0.5, 0.6) is 5.75 Å². The van der Waals surface area contributed by atoms with Crippen LogP contribution in [-0.4, -0.2) is 18.7 Å². The van der Waals surface area contributed by atoms with Gasteiger partial charge in [0.1, 0.15) is 5.75 Å². The maximum atomic E-state index is 11.8. The second-order valence-corrected chi connectivity index (χ2v) is 5.71. The highest BCUT2D eigenvalue weighted by atomic mass is 16.5. The van der Waals surface area contributed by atoms with E-state index < -0.39 is 0 Å². The summed E-state index contributed by atoms with van der Waals surface area (Å²) in [6, 6.07) is 11.9. The van der Waals surface area contributed by atoms with Gasteiger partial charge in [-0.05, 0) is 50.5 Å². The lowest BCUT2D eigenvalue weighted by Gasteiger charge is -2.08. The van der Waals surface area contributed by atoms with Crippen molar-refractivity contribution in [2.24, 2.45) is 5.10 Å². The molecule has 0 aliphatic carbocycles. The van der Waals surface area contributed by atoms with E-state index in [9.17, 15) is 4.79 Å². The second kappa shape index (κ2) is 7.58. The summed E-state index contributed by atoms with van der Waals surface area (Å²) < 4.78 is 5.51. The van der Waals surface area contributed by atoms with Crippen molar-refractivity contribution in [3.05, 3.63) is 64.2 Å². The van der Waals surface area contributed by atoms with Crippen molar-refractivity contribution < 1.29 is 9.53 Å². The lowest BCUT2D eigenvalue weighted by molar-refractivity contribution is -0.123. The molecular weight excluding hydrogens is 288 g/mol. The van der Waals surface area contributed by atoms with Crippen molar-refractivity contribution in [3.63, 3.8) is 0 Å². The molecular formula is C19H22N2O2. The van der Waals surface area contributed by atoms with Crippen LogP contribution >= 0.6 is 0 Å². The molecule has 0 atom stereocenters. The van der Waals surface area contributed by atoms with Gasteiger partial charge in [-0.2, -0.15) is 5.10 Å². The topological polar surface area (TPSA) is 50.7 Å². The summed E-state index contributed by atoms with van der Waals surface area (Å²) >= 11 is 0. The monoisotopic (exact) mass is 310 g/mol. The van der Waals surface area contributed by atoms with E-state index in [1.807, 2.05) is 58.0 Å². The first-order valence-electron chi connectivity index (χ1n) is 7.55. The number of benzene rings is 2. The quantitative estimate of drug-likeness (QED) is 0.679. The van der Waals surface area contributed by atoms with Crippen LogP contribution in [-0.2, 0) is 4.79 Å². The number of carbonyl (C=O) groups excluding carboxylic acids is 1. The van der Waals surface area contributed by atoms with Crippen molar-refractivity contribution >= 4 is 12.1 Å². The van der Waals surface area contributed by atoms with Gasteiger partial charge < -0.3 is 4.74 Å². The number of rotatable bonds is 5. The number of nitrogens with one attached hydrogen (secondary N) is 1. The lowest BCUT2D eigenvalue weighted by atomic mass is 10.1. The average molecular weight is 310 g/mol. The predicted octanol–water partition coefficient (Wildman–Crippen LogP) is 3.45. The van der Waals surface area contributed by atoms with Gasteiger partial charge in [0, 0.05) is 0 Å². The van der Waals surface area contributed by atoms with E-state index in [-0.39, 0.29) is 12.5 Å². The standard InChI is InChI=1S/C19H22N2O2/c1-13-5-7-17(15(3)9-13)11-20-21-19(22)12-23-18-8-6-14(2)10-16(18)4/h5-11H,12H2,1-4H3,(H,21,22). The van der Waals surface area contributed by atoms with Crippen LogP contribution in [0.4, 0.5) is 0 Å². The van der Waals surface area contributed by atoms with Gasteiger partial charge in [0.15, 0.2) is 6.61 Å². The van der Waals surface area contributed by atoms with Crippen LogP contribution in [0, 0.1) is 27.7 Å². The highest BCUT2D eigenvalue weighted by Gasteiger charge is 2.04. The summed E-state index contributed by atoms with van der Waals surface area (Å²) in [5, 5.41) is 3.98. The first-order valence-corrected chi connectivity index (χ1v) is 7.55. The summed E-state index contributed by atoms with van der Waals surface area (Å²) in [5.74, 6) is 0.426. The molecule has 0 aliphatic rings. The summed E-state index contributed by atoms with van der Waals surface area (Å²) in [6.07, 6.45) is 1.64. The Bertz CT molecular complexity index is 736. The summed E-state index contributed by atoms with van der Waals surface area (Å²) in [5.41, 5.74) is 7.95. The molecule has 0 aliphatic heterocycles. The van der Waals surface area contributed by atoms with Crippen LogP contribution in [0.3, 0.4) is 0 Å². The van der Waals surface area contributed by atoms with Gasteiger partial charge in [0.25, 0.3) is 5.91 Å². The van der Waals surface area contributed by atoms with E-state index in [0.717, 1.165) is 22.3 Å². The molecule has 1 amide bonds. The Morgan fingerprint density at radius 2 is 1.70 bits per heavy atom. The Balaban J connectivity index is 1.86. The zero-order chi connectivity index (χ0) is 16.8. The molecule has 120 valence electrons. The second-order valence-electron chi connectivity index (χ2n) is 5.71. The molecule has 0 fully saturated rings. The molecule has 1 N–H and O–H groups in total. The molecule has 0 aromatic heterocycles. The van der Waals surface area contributed by atoms with E-state index in [2.05, 4.69) is 16.6 Å². The minimum absolute atomic E-state index is 0.0614. The van der Waals surface area contributed by atoms with E-state index >= 15 is 0 Å². The minimum Gasteiger partial charge on any atom is -0.483 e. The highest BCUT2D eigenvalue weighted by Crippen LogP contribution is 2.18. The van der Waals surface area contributed by atoms with E-state index in [1.165, 1.54) is 5.56 Å². The number of ether oxygens (including phenoxy) is 1. The minimum atomic E-state index is -0.286. The molecule has 0 radical (unpaired) electrons. The molecule has 2 aromatic carbocycles. The van der Waals surface area contributed by atoms with Gasteiger partial charge >= 0.3 is 0 Å². The van der Waals surface area contributed by atoms with Gasteiger partial charge in [-0.15, -0.1) is 0 Å². The number of aryl methyl sites for hydroxylation is 4. The Hall–Kier alpha value is -2.62. The Morgan fingerprint density at radius 3 is 2.35 bits per heavy atom. The maximum absolute atomic E-state index is 11.8. The average Bonchev–Trinajstić information content (AvgIpc) is 2.48. The van der Waals surface area contributed by atoms with Crippen LogP contribution in [0.15, 0.2) is 41.5 Å². The Morgan fingerprint density at radius 1 is 1.04 bits per heavy atom. The van der Waals surface area contributed by atoms with Crippen LogP contribution in [0.2, 0.25) is 0 Å². The summed E-state index contributed by atoms with van der Waals surface area (Å²) in [4.78, 5) is 11.8. The van der Waals surface area contributed by atoms with Gasteiger partial charge in [-0.1, -0.05) is 41.5 Å². The van der Waals surface area contributed by atoms with Gasteiger partial charge in [0.05, 0.1) is 6.21 Å². The summed E-state index contributed by atoms with van der Waals surface area (Å²) in [7, 11) is 0. The number of carbonyl (C=O) groups is 1. The molecule has 0 saturated carbocycles. The third-order valence-electron chi connectivity index (χ3n) is 3.51. The molecule has 4 heteroatoms. The highest BCUT2D eigenvalue weighted by molar-refractivity contribution is 5.84. The normalized spacial score (nSPS) is 10.8. The zero-order valence-corrected chi connectivity index (χ0v) is 14.0. The van der Waals surface area contributed by atoms with Gasteiger partial charge in [-0.3, -0.25) is 4.79 Å². The molecule has 23 heavy (non-hydrogen) atoms. The van der Waals surface area contributed by atoms with Crippen molar-refractivity contribution in [1.29, 1.82) is 0 Å². The van der Waals surface area contributed by atoms with E-state index in [4.69, 9.17) is 4.74 Å². The number of hydrogen-bond acceptors (Lipinski definition) is 3. The fourth-order valence-electron chi connectivity index (χ4n) is 2.28. The van der Waals surface area contributed by atoms with E-state index in [0.29, 0.717) is 5.75 Å². The van der Waals surface area contributed by atoms with Crippen molar-refractivity contribution in [1.82, 2.24) is 5.43 Å². The smallest absolute Gasteiger partial charge is 0.277 e. The fourth-order valence-corrected chi connectivity index (χ4v) is 2.28. The number of amides is 1. The Labute approximate surface area is 137 Å². The molecule has 0 bridgehead atoms. The molecule has 4 nitrogen and oxygen atoms in total. The van der Waals surface area contributed by atoms with Crippen LogP contribution in [0.1, 0.15) is 27.8 Å². The first kappa shape index (κ1) is 16.7. The van der Waals surface area contributed by atoms with Crippen molar-refractivity contribution in [3.8, 4) is 5.75 Å². The Kier molecular flexibility index (Phi) is 5.52. The summed E-state index contributed by atoms with van der Waals surface area (Å²) in [6.45, 7) is 7.97. The molecule has 0 saturated heterocycles. The fraction of sp³-hybridized carbons (Fsp3) is 0.263. The number of nitrogens with zero attached hydrogens (tertiary/aromatic N) is 1. The molecule has 0 heterocycles. The molecule has 0 spiro atoms. The lowest BCUT2D eigenvalue weighted by Crippen LogP contribution is -2.24. The largest absolute Gasteiger partial charge is 0.483 e. The first-order chi connectivity index (χ1) is 11.0. The van der Waals surface area contributed by atoms with Gasteiger partial charge in [0.2, 0.25) is 0 Å². The SMILES string of the molecule is Cc1ccc(C=NNC(=O)COc2ccc(C)cc2C)c(C)c1. The van der Waals surface area contributed by atoms with Crippen molar-refractivity contribution in [2.45, 2.75) is 27.7 Å². The third-order valence-corrected chi connectivity index (χ3v) is 3.51. The van der Waals surface area contributed by atoms with Gasteiger partial charge in [-0.25, -0.2) is 5.43 Å². The van der Waals surface area contributed by atoms with Crippen LogP contribution in [0.25, 0.3) is 0 Å². The van der Waals surface area contributed by atoms with E-state index in [1.54, 1.807) is 6.21 Å². The molecule has 0 unspecified atom stereocenters. The van der Waals surface area contributed by atoms with Crippen molar-refractivity contribution in [2.75, 3.05) is 6.61 Å². The third kappa shape index (κ3) is 4.95. The number of hydrogen-bond donors (Lipinski definition) is 1. The molecule has 2 rings (SSSR count). The van der Waals surface area contributed by atoms with Crippen LogP contribution < -0.4 is 10.2 Å².